The number of pyridine rings is 1. The van der Waals surface area contributed by atoms with Crippen LogP contribution in [0, 0.1) is 6.92 Å². The van der Waals surface area contributed by atoms with Crippen molar-refractivity contribution in [3.63, 3.8) is 0 Å². The zero-order valence-electron chi connectivity index (χ0n) is 9.41. The van der Waals surface area contributed by atoms with Gasteiger partial charge in [0.15, 0.2) is 0 Å². The number of rotatable bonds is 1. The molecule has 3 rings (SSSR count). The zero-order valence-corrected chi connectivity index (χ0v) is 10.2. The molecule has 0 spiro atoms. The SMILES string of the molecule is Cc1cc(N2CC[C@H]3C[C@@H]2CN3)cnc1Cl. The molecule has 2 atom stereocenters. The highest BCUT2D eigenvalue weighted by atomic mass is 35.5. The van der Waals surface area contributed by atoms with Crippen molar-refractivity contribution < 1.29 is 0 Å². The smallest absolute Gasteiger partial charge is 0.132 e. The Kier molecular flexibility index (Phi) is 2.52. The van der Waals surface area contributed by atoms with Crippen LogP contribution in [0.3, 0.4) is 0 Å². The van der Waals surface area contributed by atoms with Gasteiger partial charge in [0.2, 0.25) is 0 Å². The molecule has 3 heterocycles. The molecule has 0 saturated carbocycles. The molecule has 0 radical (unpaired) electrons. The molecule has 0 unspecified atom stereocenters. The van der Waals surface area contributed by atoms with Crippen molar-refractivity contribution >= 4 is 17.3 Å². The minimum absolute atomic E-state index is 0.614. The van der Waals surface area contributed by atoms with Crippen molar-refractivity contribution in [2.45, 2.75) is 31.8 Å². The highest BCUT2D eigenvalue weighted by Gasteiger charge is 2.33. The molecule has 1 aromatic heterocycles. The first-order chi connectivity index (χ1) is 7.74. The Morgan fingerprint density at radius 2 is 2.44 bits per heavy atom. The number of nitrogens with one attached hydrogen (secondary N) is 1. The molecule has 86 valence electrons. The fourth-order valence-corrected chi connectivity index (χ4v) is 2.88. The van der Waals surface area contributed by atoms with Crippen LogP contribution in [0.1, 0.15) is 18.4 Å². The van der Waals surface area contributed by atoms with Crippen molar-refractivity contribution in [1.82, 2.24) is 10.3 Å². The third kappa shape index (κ3) is 1.68. The molecule has 4 heteroatoms. The molecule has 3 nitrogen and oxygen atoms in total. The van der Waals surface area contributed by atoms with Gasteiger partial charge in [0.05, 0.1) is 11.9 Å². The van der Waals surface area contributed by atoms with Crippen LogP contribution in [0.25, 0.3) is 0 Å². The normalized spacial score (nSPS) is 28.5. The van der Waals surface area contributed by atoms with Crippen LogP contribution in [0.15, 0.2) is 12.3 Å². The van der Waals surface area contributed by atoms with Crippen LogP contribution < -0.4 is 10.2 Å². The lowest BCUT2D eigenvalue weighted by Gasteiger charge is -2.34. The number of anilines is 1. The minimum Gasteiger partial charge on any atom is -0.366 e. The van der Waals surface area contributed by atoms with Crippen LogP contribution in [-0.2, 0) is 0 Å². The van der Waals surface area contributed by atoms with Crippen molar-refractivity contribution in [3.8, 4) is 0 Å². The Labute approximate surface area is 101 Å². The summed E-state index contributed by atoms with van der Waals surface area (Å²) in [6, 6.07) is 3.53. The number of hydrogen-bond donors (Lipinski definition) is 1. The summed E-state index contributed by atoms with van der Waals surface area (Å²) in [5.41, 5.74) is 2.28. The first kappa shape index (κ1) is 10.4. The number of piperidine rings is 1. The Bertz CT molecular complexity index is 407. The van der Waals surface area contributed by atoms with E-state index in [1.165, 1.54) is 18.5 Å². The third-order valence-corrected chi connectivity index (χ3v) is 4.09. The Balaban J connectivity index is 1.88. The molecule has 0 amide bonds. The molecule has 0 aromatic carbocycles. The summed E-state index contributed by atoms with van der Waals surface area (Å²) < 4.78 is 0. The monoisotopic (exact) mass is 237 g/mol. The topological polar surface area (TPSA) is 28.2 Å². The third-order valence-electron chi connectivity index (χ3n) is 3.69. The second-order valence-corrected chi connectivity index (χ2v) is 5.14. The van der Waals surface area contributed by atoms with Gasteiger partial charge in [-0.3, -0.25) is 0 Å². The molecule has 0 aliphatic carbocycles. The Hall–Kier alpha value is -0.800. The number of aromatic nitrogens is 1. The van der Waals surface area contributed by atoms with Gasteiger partial charge in [-0.05, 0) is 31.4 Å². The standard InChI is InChI=1S/C12H16ClN3/c1-8-4-10(7-15-12(8)13)16-3-2-9-5-11(16)6-14-9/h4,7,9,11,14H,2-3,5-6H2,1H3/t9-,11+/m0/s1. The fourth-order valence-electron chi connectivity index (χ4n) is 2.77. The summed E-state index contributed by atoms with van der Waals surface area (Å²) in [6.45, 7) is 4.25. The van der Waals surface area contributed by atoms with E-state index in [1.807, 2.05) is 13.1 Å². The summed E-state index contributed by atoms with van der Waals surface area (Å²) >= 11 is 5.96. The van der Waals surface area contributed by atoms with E-state index in [0.29, 0.717) is 11.2 Å². The van der Waals surface area contributed by atoms with E-state index < -0.39 is 0 Å². The number of aryl methyl sites for hydroxylation is 1. The molecule has 2 bridgehead atoms. The number of fused-ring (bicyclic) bond motifs is 2. The second kappa shape index (κ2) is 3.90. The van der Waals surface area contributed by atoms with Crippen LogP contribution in [0.2, 0.25) is 5.15 Å². The van der Waals surface area contributed by atoms with Crippen LogP contribution >= 0.6 is 11.6 Å². The van der Waals surface area contributed by atoms with Crippen molar-refractivity contribution in [1.29, 1.82) is 0 Å². The predicted molar refractivity (Wildman–Crippen MR) is 66.1 cm³/mol. The van der Waals surface area contributed by atoms with Crippen molar-refractivity contribution in [2.75, 3.05) is 18.0 Å². The zero-order chi connectivity index (χ0) is 11.1. The van der Waals surface area contributed by atoms with Gasteiger partial charge < -0.3 is 10.2 Å². The molecule has 2 fully saturated rings. The lowest BCUT2D eigenvalue weighted by atomic mass is 10.0. The molecule has 1 N–H and O–H groups in total. The maximum Gasteiger partial charge on any atom is 0.132 e. The lowest BCUT2D eigenvalue weighted by Crippen LogP contribution is -2.40. The summed E-state index contributed by atoms with van der Waals surface area (Å²) in [6.07, 6.45) is 4.40. The Morgan fingerprint density at radius 1 is 1.56 bits per heavy atom. The highest BCUT2D eigenvalue weighted by Crippen LogP contribution is 2.29. The van der Waals surface area contributed by atoms with E-state index in [2.05, 4.69) is 21.3 Å². The molecular weight excluding hydrogens is 222 g/mol. The van der Waals surface area contributed by atoms with Crippen LogP contribution in [-0.4, -0.2) is 30.2 Å². The van der Waals surface area contributed by atoms with Gasteiger partial charge in [0.25, 0.3) is 0 Å². The molecule has 2 aliphatic heterocycles. The summed E-state index contributed by atoms with van der Waals surface area (Å²) in [7, 11) is 0. The van der Waals surface area contributed by atoms with Crippen molar-refractivity contribution in [3.05, 3.63) is 23.0 Å². The molecule has 1 aromatic rings. The molecule has 16 heavy (non-hydrogen) atoms. The van der Waals surface area contributed by atoms with E-state index in [0.717, 1.165) is 24.7 Å². The average Bonchev–Trinajstić information content (AvgIpc) is 2.65. The van der Waals surface area contributed by atoms with Gasteiger partial charge in [0, 0.05) is 25.2 Å². The van der Waals surface area contributed by atoms with E-state index >= 15 is 0 Å². The number of hydrogen-bond acceptors (Lipinski definition) is 3. The lowest BCUT2D eigenvalue weighted by molar-refractivity contribution is 0.490. The second-order valence-electron chi connectivity index (χ2n) is 4.78. The number of halogens is 1. The maximum absolute atomic E-state index is 5.96. The van der Waals surface area contributed by atoms with Gasteiger partial charge >= 0.3 is 0 Å². The first-order valence-electron chi connectivity index (χ1n) is 5.86. The summed E-state index contributed by atoms with van der Waals surface area (Å²) in [4.78, 5) is 6.70. The molecular formula is C12H16ClN3. The van der Waals surface area contributed by atoms with Crippen molar-refractivity contribution in [2.24, 2.45) is 0 Å². The summed E-state index contributed by atoms with van der Waals surface area (Å²) in [5, 5.41) is 4.17. The minimum atomic E-state index is 0.614. The quantitative estimate of drug-likeness (QED) is 0.758. The largest absolute Gasteiger partial charge is 0.366 e. The predicted octanol–water partition coefficient (Wildman–Crippen LogP) is 1.98. The molecule has 2 aliphatic rings. The fraction of sp³-hybridized carbons (Fsp3) is 0.583. The van der Waals surface area contributed by atoms with Crippen LogP contribution in [0.5, 0.6) is 0 Å². The van der Waals surface area contributed by atoms with Gasteiger partial charge in [0.1, 0.15) is 5.15 Å². The summed E-state index contributed by atoms with van der Waals surface area (Å²) in [5.74, 6) is 0. The number of nitrogens with zero attached hydrogens (tertiary/aromatic N) is 2. The highest BCUT2D eigenvalue weighted by molar-refractivity contribution is 6.30. The average molecular weight is 238 g/mol. The maximum atomic E-state index is 5.96. The molecule has 2 saturated heterocycles. The van der Waals surface area contributed by atoms with E-state index in [1.54, 1.807) is 0 Å². The van der Waals surface area contributed by atoms with Gasteiger partial charge in [-0.25, -0.2) is 4.98 Å². The van der Waals surface area contributed by atoms with Gasteiger partial charge in [-0.1, -0.05) is 11.6 Å². The van der Waals surface area contributed by atoms with E-state index in [-0.39, 0.29) is 0 Å². The Morgan fingerprint density at radius 3 is 3.25 bits per heavy atom. The van der Waals surface area contributed by atoms with E-state index in [4.69, 9.17) is 11.6 Å². The van der Waals surface area contributed by atoms with Crippen LogP contribution in [0.4, 0.5) is 5.69 Å². The van der Waals surface area contributed by atoms with E-state index in [9.17, 15) is 0 Å². The van der Waals surface area contributed by atoms with Gasteiger partial charge in [-0.2, -0.15) is 0 Å². The van der Waals surface area contributed by atoms with Gasteiger partial charge in [-0.15, -0.1) is 0 Å². The first-order valence-corrected chi connectivity index (χ1v) is 6.24.